The molecule has 36 heavy (non-hydrogen) atoms. The van der Waals surface area contributed by atoms with Crippen molar-refractivity contribution >= 4 is 27.4 Å². The van der Waals surface area contributed by atoms with E-state index < -0.39 is 32.2 Å². The number of nitrogen functional groups attached to an aromatic ring is 1. The van der Waals surface area contributed by atoms with Crippen molar-refractivity contribution in [1.82, 2.24) is 15.3 Å². The number of nitrogens with one attached hydrogen (secondary N) is 2. The second-order valence-electron chi connectivity index (χ2n) is 8.20. The number of hydrogen-bond acceptors (Lipinski definition) is 6. The van der Waals surface area contributed by atoms with Gasteiger partial charge in [-0.3, -0.25) is 0 Å². The van der Waals surface area contributed by atoms with Crippen LogP contribution in [0, 0.1) is 0 Å². The molecule has 8 nitrogen and oxygen atoms in total. The maximum atomic E-state index is 13.2. The molecule has 1 aromatic heterocycles. The van der Waals surface area contributed by atoms with Crippen LogP contribution in [0.15, 0.2) is 65.6 Å². The summed E-state index contributed by atoms with van der Waals surface area (Å²) in [6.07, 6.45) is 1.50. The van der Waals surface area contributed by atoms with E-state index in [1.54, 1.807) is 24.3 Å². The molecule has 4 N–H and O–H groups in total. The van der Waals surface area contributed by atoms with Crippen LogP contribution in [0.2, 0.25) is 0 Å². The van der Waals surface area contributed by atoms with Crippen molar-refractivity contribution in [2.75, 3.05) is 11.1 Å². The molecule has 1 fully saturated rings. The number of nitrogens with two attached hydrogens (primary N) is 1. The molecular weight excluding hydrogens is 495 g/mol. The third-order valence-corrected chi connectivity index (χ3v) is 7.12. The highest BCUT2D eigenvalue weighted by molar-refractivity contribution is 7.94. The summed E-state index contributed by atoms with van der Waals surface area (Å²) in [7, 11) is -4.48. The molecule has 2 amide bonds. The zero-order valence-corrected chi connectivity index (χ0v) is 20.3. The van der Waals surface area contributed by atoms with Crippen molar-refractivity contribution in [2.24, 2.45) is 0 Å². The summed E-state index contributed by atoms with van der Waals surface area (Å²) in [5.41, 5.74) is 5.25. The van der Waals surface area contributed by atoms with Crippen molar-refractivity contribution in [3.05, 3.63) is 71.3 Å². The van der Waals surface area contributed by atoms with E-state index >= 15 is 0 Å². The maximum Gasteiger partial charge on any atom is 0.417 e. The second kappa shape index (κ2) is 10.9. The SMILES string of the molecule is C=C(/C(=C\C=C/C)S(=O)(=O)Cc1cc(N)nc(-c2ccc(NC(=O)NC3CCC3)cc2)n1)C(F)(F)F. The topological polar surface area (TPSA) is 127 Å². The molecule has 192 valence electrons. The Morgan fingerprint density at radius 3 is 2.44 bits per heavy atom. The number of urea groups is 1. The number of nitrogens with zero attached hydrogens (tertiary/aromatic N) is 2. The number of sulfone groups is 1. The second-order valence-corrected chi connectivity index (χ2v) is 10.2. The fourth-order valence-corrected chi connectivity index (χ4v) is 4.79. The Labute approximate surface area is 207 Å². The first kappa shape index (κ1) is 26.9. The number of halogens is 3. The zero-order chi connectivity index (χ0) is 26.5. The van der Waals surface area contributed by atoms with Gasteiger partial charge in [0.05, 0.1) is 21.9 Å². The zero-order valence-electron chi connectivity index (χ0n) is 19.5. The summed E-state index contributed by atoms with van der Waals surface area (Å²) < 4.78 is 65.5. The number of hydrogen-bond donors (Lipinski definition) is 3. The van der Waals surface area contributed by atoms with Gasteiger partial charge < -0.3 is 16.4 Å². The molecule has 3 rings (SSSR count). The van der Waals surface area contributed by atoms with Crippen LogP contribution in [-0.4, -0.2) is 36.6 Å². The van der Waals surface area contributed by atoms with Crippen LogP contribution < -0.4 is 16.4 Å². The lowest BCUT2D eigenvalue weighted by Gasteiger charge is -2.26. The quantitative estimate of drug-likeness (QED) is 0.425. The molecule has 0 aliphatic heterocycles. The van der Waals surface area contributed by atoms with E-state index in [0.717, 1.165) is 25.3 Å². The van der Waals surface area contributed by atoms with E-state index in [4.69, 9.17) is 5.73 Å². The molecule has 0 bridgehead atoms. The number of allylic oxidation sites excluding steroid dienone is 4. The summed E-state index contributed by atoms with van der Waals surface area (Å²) in [4.78, 5) is 19.4. The fraction of sp³-hybridized carbons (Fsp3) is 0.292. The lowest BCUT2D eigenvalue weighted by Crippen LogP contribution is -2.41. The molecule has 0 saturated heterocycles. The Kier molecular flexibility index (Phi) is 8.18. The van der Waals surface area contributed by atoms with Crippen LogP contribution in [0.25, 0.3) is 11.4 Å². The molecule has 0 radical (unpaired) electrons. The average molecular weight is 522 g/mol. The van der Waals surface area contributed by atoms with Crippen molar-refractivity contribution in [3.63, 3.8) is 0 Å². The number of rotatable bonds is 8. The molecule has 1 aliphatic carbocycles. The minimum atomic E-state index is -4.93. The number of benzene rings is 1. The number of aromatic nitrogens is 2. The van der Waals surface area contributed by atoms with Crippen molar-refractivity contribution < 1.29 is 26.4 Å². The molecule has 1 aliphatic rings. The number of carbonyl (C=O) groups excluding carboxylic acids is 1. The largest absolute Gasteiger partial charge is 0.417 e. The number of anilines is 2. The fourth-order valence-electron chi connectivity index (χ4n) is 3.32. The Bertz CT molecular complexity index is 1300. The first-order valence-electron chi connectivity index (χ1n) is 11.0. The minimum Gasteiger partial charge on any atom is -0.384 e. The Morgan fingerprint density at radius 2 is 1.89 bits per heavy atom. The summed E-state index contributed by atoms with van der Waals surface area (Å²) in [5.74, 6) is -0.813. The molecule has 0 unspecified atom stereocenters. The van der Waals surface area contributed by atoms with Gasteiger partial charge in [-0.25, -0.2) is 23.2 Å². The van der Waals surface area contributed by atoms with Gasteiger partial charge in [0.25, 0.3) is 0 Å². The molecule has 12 heteroatoms. The third-order valence-electron chi connectivity index (χ3n) is 5.39. The molecule has 2 aromatic rings. The summed E-state index contributed by atoms with van der Waals surface area (Å²) in [5, 5.41) is 5.57. The van der Waals surface area contributed by atoms with Crippen LogP contribution in [-0.2, 0) is 15.6 Å². The molecule has 0 spiro atoms. The van der Waals surface area contributed by atoms with Crippen molar-refractivity contribution in [3.8, 4) is 11.4 Å². The van der Waals surface area contributed by atoms with Gasteiger partial charge in [0, 0.05) is 23.4 Å². The maximum absolute atomic E-state index is 13.2. The van der Waals surface area contributed by atoms with Crippen LogP contribution in [0.4, 0.5) is 29.5 Å². The van der Waals surface area contributed by atoms with Crippen LogP contribution in [0.5, 0.6) is 0 Å². The minimum absolute atomic E-state index is 0.0547. The summed E-state index contributed by atoms with van der Waals surface area (Å²) in [6, 6.07) is 7.49. The standard InChI is InChI=1S/C24H26F3N5O3S/c1-3-4-8-20(15(2)24(25,26)27)36(34,35)14-19-13-21(28)32-22(29-19)16-9-11-18(12-10-16)31-23(33)30-17-6-5-7-17/h3-4,8-13,17H,2,5-7,14H2,1H3,(H2,28,29,32)(H2,30,31,33)/b4-3-,20-8+. The number of alkyl halides is 3. The molecule has 1 aromatic carbocycles. The monoisotopic (exact) mass is 521 g/mol. The van der Waals surface area contributed by atoms with Crippen LogP contribution in [0.1, 0.15) is 31.9 Å². The van der Waals surface area contributed by atoms with Gasteiger partial charge in [-0.2, -0.15) is 13.2 Å². The van der Waals surface area contributed by atoms with E-state index in [0.29, 0.717) is 11.3 Å². The normalized spacial score (nSPS) is 14.9. The Morgan fingerprint density at radius 1 is 1.22 bits per heavy atom. The van der Waals surface area contributed by atoms with Gasteiger partial charge in [0.2, 0.25) is 0 Å². The van der Waals surface area contributed by atoms with E-state index in [1.807, 2.05) is 0 Å². The van der Waals surface area contributed by atoms with E-state index in [9.17, 15) is 26.4 Å². The van der Waals surface area contributed by atoms with Gasteiger partial charge in [0.1, 0.15) is 5.82 Å². The first-order valence-corrected chi connectivity index (χ1v) is 12.7. The van der Waals surface area contributed by atoms with Crippen molar-refractivity contribution in [1.29, 1.82) is 0 Å². The lowest BCUT2D eigenvalue weighted by atomic mass is 9.93. The third kappa shape index (κ3) is 6.94. The van der Waals surface area contributed by atoms with Crippen molar-refractivity contribution in [2.45, 2.75) is 44.2 Å². The van der Waals surface area contributed by atoms with Gasteiger partial charge in [-0.05, 0) is 56.5 Å². The predicted octanol–water partition coefficient (Wildman–Crippen LogP) is 4.89. The van der Waals surface area contributed by atoms with E-state index in [1.165, 1.54) is 25.1 Å². The van der Waals surface area contributed by atoms with E-state index in [-0.39, 0.29) is 29.4 Å². The summed E-state index contributed by atoms with van der Waals surface area (Å²) in [6.45, 7) is 4.46. The van der Waals surface area contributed by atoms with Gasteiger partial charge in [-0.15, -0.1) is 0 Å². The highest BCUT2D eigenvalue weighted by atomic mass is 32.2. The van der Waals surface area contributed by atoms with Gasteiger partial charge in [0.15, 0.2) is 15.7 Å². The molecule has 0 atom stereocenters. The van der Waals surface area contributed by atoms with E-state index in [2.05, 4.69) is 27.2 Å². The number of amides is 2. The average Bonchev–Trinajstić information content (AvgIpc) is 2.75. The predicted molar refractivity (Wildman–Crippen MR) is 132 cm³/mol. The molecule has 1 heterocycles. The van der Waals surface area contributed by atoms with Crippen LogP contribution in [0.3, 0.4) is 0 Å². The molecule has 1 saturated carbocycles. The smallest absolute Gasteiger partial charge is 0.384 e. The van der Waals surface area contributed by atoms with Gasteiger partial charge >= 0.3 is 12.2 Å². The lowest BCUT2D eigenvalue weighted by molar-refractivity contribution is -0.0883. The van der Waals surface area contributed by atoms with Crippen LogP contribution >= 0.6 is 0 Å². The first-order chi connectivity index (χ1) is 16.9. The highest BCUT2D eigenvalue weighted by Crippen LogP contribution is 2.34. The highest BCUT2D eigenvalue weighted by Gasteiger charge is 2.39. The number of carbonyl (C=O) groups is 1. The van der Waals surface area contributed by atoms with Gasteiger partial charge in [-0.1, -0.05) is 18.7 Å². The molecular formula is C24H26F3N5O3S. The Balaban J connectivity index is 1.82. The Hall–Kier alpha value is -3.67. The summed E-state index contributed by atoms with van der Waals surface area (Å²) >= 11 is 0.